The van der Waals surface area contributed by atoms with E-state index in [0.717, 1.165) is 141 Å². The molecule has 7 N–H and O–H groups in total. The van der Waals surface area contributed by atoms with Crippen LogP contribution in [0.4, 0.5) is 0 Å². The van der Waals surface area contributed by atoms with E-state index < -0.39 is 5.97 Å². The van der Waals surface area contributed by atoms with Gasteiger partial charge in [-0.05, 0) is 276 Å². The number of Topliss-reactive ketones (excluding diaryl/α,β-unsaturated/α-hetero) is 1. The maximum atomic E-state index is 12.2. The molecule has 0 spiro atoms. The lowest BCUT2D eigenvalue weighted by molar-refractivity contribution is -0.148. The molecule has 129 heavy (non-hydrogen) atoms. The first kappa shape index (κ1) is 123. The molecule has 0 aromatic heterocycles. The summed E-state index contributed by atoms with van der Waals surface area (Å²) < 4.78 is 55.7. The van der Waals surface area contributed by atoms with Crippen molar-refractivity contribution in [1.29, 1.82) is 6.60 Å². The van der Waals surface area contributed by atoms with Crippen LogP contribution in [0.5, 0.6) is 0 Å². The van der Waals surface area contributed by atoms with Crippen molar-refractivity contribution in [3.05, 3.63) is 12.7 Å². The number of nitriles is 1. The molecule has 0 bridgehead atoms. The number of ether oxygens (including phenoxy) is 10. The van der Waals surface area contributed by atoms with Crippen LogP contribution in [0.25, 0.3) is 0 Å². The van der Waals surface area contributed by atoms with Gasteiger partial charge in [-0.1, -0.05) is 64.4 Å². The van der Waals surface area contributed by atoms with E-state index in [2.05, 4.69) is 59.0 Å². The van der Waals surface area contributed by atoms with Crippen molar-refractivity contribution < 1.29 is 122 Å². The van der Waals surface area contributed by atoms with Crippen molar-refractivity contribution in [2.24, 2.45) is 40.5 Å². The zero-order valence-electron chi connectivity index (χ0n) is 79.8. The predicted octanol–water partition coefficient (Wildman–Crippen LogP) is 9.43. The van der Waals surface area contributed by atoms with E-state index in [4.69, 9.17) is 70.0 Å². The monoisotopic (exact) mass is 1950 g/mol. The Morgan fingerprint density at radius 2 is 0.667 bits per heavy atom. The number of methoxy groups -OCH3 is 1. The molecule has 0 aliphatic carbocycles. The zero-order valence-corrected chi connectivity index (χ0v) is 81.1. The molecule has 6 saturated heterocycles. The molecule has 3 radical (unpaired) electrons. The van der Waals surface area contributed by atoms with Crippen LogP contribution in [0, 0.1) is 47.0 Å². The number of halogens is 1. The predicted molar refractivity (Wildman–Crippen MR) is 508 cm³/mol. The van der Waals surface area contributed by atoms with Crippen LogP contribution in [0.2, 0.25) is 0 Å². The van der Waals surface area contributed by atoms with Crippen LogP contribution < -0.4 is 10.6 Å². The largest absolute Gasteiger partial charge is 0.466 e. The topological polar surface area (TPSA) is 437 Å². The number of hydrogen-bond donors (Lipinski definition) is 7. The fraction of sp³-hybridized carbons (Fsp3) is 0.860. The van der Waals surface area contributed by atoms with E-state index in [-0.39, 0.29) is 145 Å². The van der Waals surface area contributed by atoms with E-state index in [1.54, 1.807) is 0 Å². The molecule has 6 aliphatic rings. The number of isocyanates is 1. The molecule has 0 amide bonds. The minimum atomic E-state index is -0.405. The molecular weight excluding hydrogens is 1780 g/mol. The lowest BCUT2D eigenvalue weighted by Crippen LogP contribution is -2.36. The van der Waals surface area contributed by atoms with Gasteiger partial charge in [-0.25, -0.2) is 9.59 Å². The van der Waals surface area contributed by atoms with Gasteiger partial charge in [-0.2, -0.15) is 10.3 Å². The third kappa shape index (κ3) is 80.4. The third-order valence-corrected chi connectivity index (χ3v) is 23.3. The summed E-state index contributed by atoms with van der Waals surface area (Å²) in [5.41, 5.74) is 0. The van der Waals surface area contributed by atoms with Crippen LogP contribution >= 0.6 is 24.0 Å². The SMILES string of the molecule is C(CC1CCNCC1)CC1CCNCC1.C=CC(=O)OCCCCO.COCCOC(=O)CCCC(=O)OCCCCOC(=O)CCN1CCC(CCCC2CCN(CCC(=O)OCCCCOC(=O)CCCC(C)=O)CC2)CC1.I.N#COCN=C=O.O=C(CCN1CCC(CCCC2CCN(CCC(=O)OCCCCO)CC2)CC1)OCCCCO.OCCO.[3H][B][B].[HH]. The standard InChI is InChI=1S/C41H70N2O12.C27H50N2O6.C13H26N2.C7H12O3.C3H2N2O2.C2H6O2.B2H.HI.H2/c1-34(44)10-7-13-37(45)51-28-3-5-30-53-40(48)20-26-42-22-16-35(17-23-42)11-8-12-36-18-24-43(25-19-36)27-21-41(49)54-31-6-4-29-52-38(46)14-9-15-39(47)55-33-32-50-2;30-20-1-3-22-34-26(32)12-18-28-14-8-24(9-15-28)6-5-7-25-10-16-29(17-11-25)19-13-27(33)35-23-4-2-21-31;1(2-12-4-8-14-9-5-12)3-13-6-10-15-11-7-13;1-2-7(9)10-6-4-3-5-8;4-1-7-3-5-2-6;3-1-2-4;1-2;;/h35-36H,3-33H2,1-2H3;24-25,30-31H,1-23H2;12-15H,1-11H2;2,8H,1,3-6H2;3H2;3-4H,1-2H2;1H;2*1H/i;;;;;;1T;;. The van der Waals surface area contributed by atoms with Gasteiger partial charge in [0.25, 0.3) is 6.26 Å². The summed E-state index contributed by atoms with van der Waals surface area (Å²) in [6.45, 7) is 24.3. The summed E-state index contributed by atoms with van der Waals surface area (Å²) in [5.74, 6) is 3.30. The second-order valence-corrected chi connectivity index (χ2v) is 33.4. The fourth-order valence-corrected chi connectivity index (χ4v) is 15.5. The van der Waals surface area contributed by atoms with Gasteiger partial charge in [0.05, 0.1) is 91.8 Å². The van der Waals surface area contributed by atoms with Crippen LogP contribution in [0.3, 0.4) is 0 Å². The first-order valence-corrected chi connectivity index (χ1v) is 47.9. The second-order valence-electron chi connectivity index (χ2n) is 33.4. The molecule has 0 aromatic rings. The molecule has 33 nitrogen and oxygen atoms in total. The highest BCUT2D eigenvalue weighted by Crippen LogP contribution is 2.30. The highest BCUT2D eigenvalue weighted by molar-refractivity contribution is 14.0. The average Bonchev–Trinajstić information content (AvgIpc) is 0.904. The molecule has 0 unspecified atom stereocenters. The van der Waals surface area contributed by atoms with Gasteiger partial charge in [0.15, 0.2) is 0 Å². The number of hydrogen-bond acceptors (Lipinski definition) is 33. The number of carbonyl (C=O) groups is 9. The molecule has 6 heterocycles. The summed E-state index contributed by atoms with van der Waals surface area (Å²) in [7, 11) is 6.67. The molecule has 6 fully saturated rings. The number of carbonyl (C=O) groups excluding carboxylic acids is 10. The van der Waals surface area contributed by atoms with Crippen LogP contribution in [-0.2, 0) is 95.3 Å². The summed E-state index contributed by atoms with van der Waals surface area (Å²) in [5, 5.41) is 55.6. The Morgan fingerprint density at radius 1 is 0.411 bits per heavy atom. The third-order valence-electron chi connectivity index (χ3n) is 23.3. The number of ketones is 1. The van der Waals surface area contributed by atoms with Crippen LogP contribution in [-0.4, -0.2) is 333 Å². The number of rotatable bonds is 61. The van der Waals surface area contributed by atoms with Gasteiger partial charge in [-0.3, -0.25) is 33.6 Å². The zero-order chi connectivity index (χ0) is 94.9. The molecule has 0 atom stereocenters. The van der Waals surface area contributed by atoms with Crippen LogP contribution in [0.15, 0.2) is 17.6 Å². The number of aliphatic hydroxyl groups is 5. The Labute approximate surface area is 794 Å². The Balaban J connectivity index is -0.00000181. The number of aliphatic hydroxyl groups excluding tert-OH is 5. The van der Waals surface area contributed by atoms with Gasteiger partial charge in [0.1, 0.15) is 12.4 Å². The highest BCUT2D eigenvalue weighted by atomic mass is 127. The lowest BCUT2D eigenvalue weighted by Gasteiger charge is -2.33. The van der Waals surface area contributed by atoms with Crippen molar-refractivity contribution in [2.45, 2.75) is 270 Å². The number of esters is 8. The number of nitrogens with one attached hydrogen (secondary N) is 2. The molecule has 745 valence electrons. The minimum Gasteiger partial charge on any atom is -0.466 e. The van der Waals surface area contributed by atoms with Crippen molar-refractivity contribution >= 4 is 99.0 Å². The van der Waals surface area contributed by atoms with Crippen molar-refractivity contribution in [3.63, 3.8) is 0 Å². The summed E-state index contributed by atoms with van der Waals surface area (Å²) in [6, 6.07) is 0. The highest BCUT2D eigenvalue weighted by Gasteiger charge is 2.26. The number of likely N-dealkylation sites (tertiary alicyclic amines) is 4. The van der Waals surface area contributed by atoms with E-state index in [1.165, 1.54) is 187 Å². The summed E-state index contributed by atoms with van der Waals surface area (Å²) in [6.07, 6.45) is 41.6. The number of unbranched alkanes of at least 4 members (excludes halogenated alkanes) is 5. The Hall–Kier alpha value is -5.78. The van der Waals surface area contributed by atoms with E-state index >= 15 is 0 Å². The molecule has 6 aliphatic heterocycles. The lowest BCUT2D eigenvalue weighted by atomic mass is 9.81. The average molecular weight is 1950 g/mol. The van der Waals surface area contributed by atoms with Gasteiger partial charge in [-0.15, -0.1) is 24.0 Å². The van der Waals surface area contributed by atoms with Crippen LogP contribution in [0.1, 0.15) is 272 Å². The first-order chi connectivity index (χ1) is 62.7. The Kier molecular flexibility index (Phi) is 88.5. The van der Waals surface area contributed by atoms with Gasteiger partial charge in [0.2, 0.25) is 12.8 Å². The Bertz CT molecular complexity index is 2800. The normalized spacial score (nSPS) is 16.0. The van der Waals surface area contributed by atoms with Gasteiger partial charge in [0, 0.05) is 102 Å². The van der Waals surface area contributed by atoms with Crippen molar-refractivity contribution in [3.8, 4) is 6.26 Å². The maximum absolute atomic E-state index is 12.2. The van der Waals surface area contributed by atoms with Crippen molar-refractivity contribution in [2.75, 3.05) is 211 Å². The number of nitrogens with zero attached hydrogens (tertiary/aromatic N) is 6. The molecule has 36 heteroatoms. The summed E-state index contributed by atoms with van der Waals surface area (Å²) >= 11 is 0. The van der Waals surface area contributed by atoms with E-state index in [9.17, 15) is 47.9 Å². The maximum Gasteiger partial charge on any atom is 0.330 e. The molecular formula is C93H170B2IN8O25. The Morgan fingerprint density at radius 3 is 0.915 bits per heavy atom. The van der Waals surface area contributed by atoms with Gasteiger partial charge >= 0.3 is 47.8 Å². The first-order valence-electron chi connectivity index (χ1n) is 48.5. The minimum absolute atomic E-state index is 0. The molecule has 0 saturated carbocycles. The summed E-state index contributed by atoms with van der Waals surface area (Å²) in [4.78, 5) is 126. The van der Waals surface area contributed by atoms with E-state index in [0.29, 0.717) is 143 Å². The molecule has 0 aromatic carbocycles. The fourth-order valence-electron chi connectivity index (χ4n) is 15.5. The quantitative estimate of drug-likeness (QED) is 0.00343. The molecule has 6 rings (SSSR count). The smallest absolute Gasteiger partial charge is 0.330 e. The van der Waals surface area contributed by atoms with Gasteiger partial charge < -0.3 is 108 Å². The number of aliphatic imine (C=N–C) groups is 1. The van der Waals surface area contributed by atoms with Crippen molar-refractivity contribution in [1.82, 2.24) is 30.2 Å². The number of piperidine rings is 6. The van der Waals surface area contributed by atoms with E-state index in [1.807, 2.05) is 0 Å². The second kappa shape index (κ2) is 92.7.